The lowest BCUT2D eigenvalue weighted by molar-refractivity contribution is -0.137. The molecule has 0 aromatic heterocycles. The molecule has 0 spiro atoms. The molecular weight excluding hydrogens is 260 g/mol. The Labute approximate surface area is 132 Å². The summed E-state index contributed by atoms with van der Waals surface area (Å²) in [4.78, 5) is 10.4. The van der Waals surface area contributed by atoms with Crippen LogP contribution in [0.3, 0.4) is 0 Å². The molecule has 21 heavy (non-hydrogen) atoms. The Morgan fingerprint density at radius 3 is 1.67 bits per heavy atom. The molecule has 0 aliphatic heterocycles. The number of hydrogen-bond donors (Lipinski definition) is 1. The van der Waals surface area contributed by atoms with Gasteiger partial charge in [0.25, 0.3) is 0 Å². The summed E-state index contributed by atoms with van der Waals surface area (Å²) in [6, 6.07) is 0. The van der Waals surface area contributed by atoms with Gasteiger partial charge in [0.1, 0.15) is 0 Å². The molecule has 0 aromatic carbocycles. The molecule has 1 N–H and O–H groups in total. The smallest absolute Gasteiger partial charge is 0.303 e. The van der Waals surface area contributed by atoms with E-state index in [0.717, 1.165) is 18.8 Å². The van der Waals surface area contributed by atoms with Crippen molar-refractivity contribution in [1.82, 2.24) is 0 Å². The molecular formula is C19H38O2. The van der Waals surface area contributed by atoms with Gasteiger partial charge in [-0.3, -0.25) is 4.79 Å². The maximum atomic E-state index is 10.4. The van der Waals surface area contributed by atoms with Crippen LogP contribution >= 0.6 is 0 Å². The summed E-state index contributed by atoms with van der Waals surface area (Å²) in [7, 11) is 0. The molecule has 126 valence electrons. The molecule has 0 aromatic rings. The van der Waals surface area contributed by atoms with E-state index in [9.17, 15) is 4.79 Å². The second kappa shape index (κ2) is 15.9. The second-order valence-corrected chi connectivity index (χ2v) is 6.72. The molecule has 0 saturated heterocycles. The first-order valence-corrected chi connectivity index (χ1v) is 9.38. The molecule has 0 aliphatic carbocycles. The summed E-state index contributed by atoms with van der Waals surface area (Å²) in [6.07, 6.45) is 18.7. The van der Waals surface area contributed by atoms with Crippen LogP contribution in [0.5, 0.6) is 0 Å². The van der Waals surface area contributed by atoms with E-state index < -0.39 is 5.97 Å². The fraction of sp³-hybridized carbons (Fsp3) is 0.947. The molecule has 0 rings (SSSR count). The summed E-state index contributed by atoms with van der Waals surface area (Å²) in [5.41, 5.74) is 0. The van der Waals surface area contributed by atoms with Crippen molar-refractivity contribution >= 4 is 5.97 Å². The Bertz CT molecular complexity index is 226. The van der Waals surface area contributed by atoms with Gasteiger partial charge in [0.15, 0.2) is 0 Å². The van der Waals surface area contributed by atoms with Crippen LogP contribution in [0.1, 0.15) is 110 Å². The first kappa shape index (κ1) is 20.5. The molecule has 0 radical (unpaired) electrons. The first-order chi connectivity index (χ1) is 10.2. The van der Waals surface area contributed by atoms with Gasteiger partial charge in [-0.15, -0.1) is 0 Å². The predicted molar refractivity (Wildman–Crippen MR) is 91.7 cm³/mol. The minimum absolute atomic E-state index is 0.342. The van der Waals surface area contributed by atoms with Crippen LogP contribution in [0.15, 0.2) is 0 Å². The lowest BCUT2D eigenvalue weighted by Crippen LogP contribution is -1.96. The van der Waals surface area contributed by atoms with E-state index in [1.165, 1.54) is 77.0 Å². The Kier molecular flexibility index (Phi) is 15.5. The fourth-order valence-corrected chi connectivity index (χ4v) is 2.89. The summed E-state index contributed by atoms with van der Waals surface area (Å²) in [5.74, 6) is 0.220. The van der Waals surface area contributed by atoms with Crippen LogP contribution in [-0.2, 0) is 4.79 Å². The normalized spacial score (nSPS) is 12.5. The van der Waals surface area contributed by atoms with E-state index >= 15 is 0 Å². The molecule has 0 fully saturated rings. The zero-order valence-electron chi connectivity index (χ0n) is 14.5. The molecule has 2 heteroatoms. The highest BCUT2D eigenvalue weighted by Crippen LogP contribution is 2.18. The highest BCUT2D eigenvalue weighted by molar-refractivity contribution is 5.66. The van der Waals surface area contributed by atoms with Crippen molar-refractivity contribution in [2.24, 2.45) is 5.92 Å². The van der Waals surface area contributed by atoms with Crippen molar-refractivity contribution in [2.75, 3.05) is 0 Å². The zero-order valence-corrected chi connectivity index (χ0v) is 14.5. The van der Waals surface area contributed by atoms with Gasteiger partial charge in [0.2, 0.25) is 0 Å². The maximum Gasteiger partial charge on any atom is 0.303 e. The number of carbonyl (C=O) groups is 1. The van der Waals surface area contributed by atoms with E-state index in [2.05, 4.69) is 13.8 Å². The Balaban J connectivity index is 3.16. The lowest BCUT2D eigenvalue weighted by Gasteiger charge is -2.11. The largest absolute Gasteiger partial charge is 0.481 e. The molecule has 0 saturated carbocycles. The average molecular weight is 299 g/mol. The van der Waals surface area contributed by atoms with Crippen LogP contribution in [0.2, 0.25) is 0 Å². The molecule has 1 atom stereocenters. The van der Waals surface area contributed by atoms with Gasteiger partial charge in [-0.2, -0.15) is 0 Å². The molecule has 0 bridgehead atoms. The van der Waals surface area contributed by atoms with Crippen molar-refractivity contribution in [3.63, 3.8) is 0 Å². The first-order valence-electron chi connectivity index (χ1n) is 9.38. The monoisotopic (exact) mass is 298 g/mol. The summed E-state index contributed by atoms with van der Waals surface area (Å²) in [5, 5.41) is 8.55. The number of unbranched alkanes of at least 4 members (excludes halogenated alkanes) is 10. The van der Waals surface area contributed by atoms with E-state index in [-0.39, 0.29) is 0 Å². The Morgan fingerprint density at radius 1 is 0.762 bits per heavy atom. The van der Waals surface area contributed by atoms with Gasteiger partial charge >= 0.3 is 5.97 Å². The van der Waals surface area contributed by atoms with Crippen molar-refractivity contribution in [2.45, 2.75) is 110 Å². The SMILES string of the molecule is CCCCCCCCCC(C)CCCCCCCC(=O)O. The minimum atomic E-state index is -0.654. The van der Waals surface area contributed by atoms with E-state index in [1.807, 2.05) is 0 Å². The molecule has 0 heterocycles. The van der Waals surface area contributed by atoms with Crippen molar-refractivity contribution in [3.8, 4) is 0 Å². The van der Waals surface area contributed by atoms with Crippen molar-refractivity contribution < 1.29 is 9.90 Å². The third kappa shape index (κ3) is 17.4. The molecule has 2 nitrogen and oxygen atoms in total. The quantitative estimate of drug-likeness (QED) is 0.327. The van der Waals surface area contributed by atoms with E-state index in [1.54, 1.807) is 0 Å². The highest BCUT2D eigenvalue weighted by Gasteiger charge is 2.02. The number of carboxylic acid groups (broad SMARTS) is 1. The van der Waals surface area contributed by atoms with Gasteiger partial charge in [0.05, 0.1) is 0 Å². The third-order valence-corrected chi connectivity index (χ3v) is 4.39. The van der Waals surface area contributed by atoms with Crippen LogP contribution in [0, 0.1) is 5.92 Å². The predicted octanol–water partition coefficient (Wildman–Crippen LogP) is 6.58. The van der Waals surface area contributed by atoms with E-state index in [4.69, 9.17) is 5.11 Å². The summed E-state index contributed by atoms with van der Waals surface area (Å²) < 4.78 is 0. The van der Waals surface area contributed by atoms with Crippen LogP contribution in [-0.4, -0.2) is 11.1 Å². The molecule has 0 aliphatic rings. The number of hydrogen-bond acceptors (Lipinski definition) is 1. The Morgan fingerprint density at radius 2 is 1.19 bits per heavy atom. The summed E-state index contributed by atoms with van der Waals surface area (Å²) >= 11 is 0. The van der Waals surface area contributed by atoms with Gasteiger partial charge in [-0.05, 0) is 12.3 Å². The Hall–Kier alpha value is -0.530. The standard InChI is InChI=1S/C19H38O2/c1-3-4-5-6-7-9-12-15-18(2)16-13-10-8-11-14-17-19(20)21/h18H,3-17H2,1-2H3,(H,20,21). The highest BCUT2D eigenvalue weighted by atomic mass is 16.4. The maximum absolute atomic E-state index is 10.4. The molecule has 1 unspecified atom stereocenters. The minimum Gasteiger partial charge on any atom is -0.481 e. The lowest BCUT2D eigenvalue weighted by atomic mass is 9.96. The van der Waals surface area contributed by atoms with Crippen LogP contribution in [0.4, 0.5) is 0 Å². The van der Waals surface area contributed by atoms with Gasteiger partial charge < -0.3 is 5.11 Å². The van der Waals surface area contributed by atoms with E-state index in [0.29, 0.717) is 6.42 Å². The van der Waals surface area contributed by atoms with Gasteiger partial charge in [-0.1, -0.05) is 97.3 Å². The van der Waals surface area contributed by atoms with Gasteiger partial charge in [0, 0.05) is 6.42 Å². The van der Waals surface area contributed by atoms with Crippen LogP contribution < -0.4 is 0 Å². The molecule has 0 amide bonds. The average Bonchev–Trinajstić information content (AvgIpc) is 2.45. The number of aliphatic carboxylic acids is 1. The third-order valence-electron chi connectivity index (χ3n) is 4.39. The van der Waals surface area contributed by atoms with Crippen molar-refractivity contribution in [3.05, 3.63) is 0 Å². The van der Waals surface area contributed by atoms with Crippen molar-refractivity contribution in [1.29, 1.82) is 0 Å². The van der Waals surface area contributed by atoms with Crippen LogP contribution in [0.25, 0.3) is 0 Å². The number of rotatable bonds is 16. The second-order valence-electron chi connectivity index (χ2n) is 6.72. The fourth-order valence-electron chi connectivity index (χ4n) is 2.89. The zero-order chi connectivity index (χ0) is 15.8. The summed E-state index contributed by atoms with van der Waals surface area (Å²) in [6.45, 7) is 4.66. The topological polar surface area (TPSA) is 37.3 Å². The van der Waals surface area contributed by atoms with Gasteiger partial charge in [-0.25, -0.2) is 0 Å². The number of carboxylic acids is 1.